The summed E-state index contributed by atoms with van der Waals surface area (Å²) in [5.74, 6) is 0. The summed E-state index contributed by atoms with van der Waals surface area (Å²) in [4.78, 5) is 2.53. The van der Waals surface area contributed by atoms with Crippen molar-refractivity contribution in [1.82, 2.24) is 0 Å². The third kappa shape index (κ3) is 2.12. The summed E-state index contributed by atoms with van der Waals surface area (Å²) in [6.45, 7) is 1.05. The van der Waals surface area contributed by atoms with Crippen LogP contribution in [0.4, 0.5) is 5.69 Å². The van der Waals surface area contributed by atoms with Crippen molar-refractivity contribution < 1.29 is 0 Å². The number of anilines is 1. The Morgan fingerprint density at radius 3 is 2.56 bits per heavy atom. The zero-order chi connectivity index (χ0) is 10.8. The second kappa shape index (κ2) is 4.30. The molecule has 1 aromatic heterocycles. The number of nitrogens with zero attached hydrogens (tertiary/aromatic N) is 1. The summed E-state index contributed by atoms with van der Waals surface area (Å²) < 4.78 is 0. The van der Waals surface area contributed by atoms with Gasteiger partial charge in [0.15, 0.2) is 0 Å². The molecule has 0 bridgehead atoms. The van der Waals surface area contributed by atoms with Gasteiger partial charge in [-0.2, -0.15) is 11.3 Å². The fourth-order valence-electron chi connectivity index (χ4n) is 2.02. The zero-order valence-corrected chi connectivity index (χ0v) is 9.99. The Morgan fingerprint density at radius 1 is 1.12 bits per heavy atom. The molecule has 16 heavy (non-hydrogen) atoms. The first-order valence-electron chi connectivity index (χ1n) is 5.76. The van der Waals surface area contributed by atoms with Crippen LogP contribution in [0.1, 0.15) is 18.4 Å². The zero-order valence-electron chi connectivity index (χ0n) is 9.17. The fraction of sp³-hybridized carbons (Fsp3) is 0.286. The van der Waals surface area contributed by atoms with Gasteiger partial charge in [-0.1, -0.05) is 18.2 Å². The first-order valence-corrected chi connectivity index (χ1v) is 6.70. The van der Waals surface area contributed by atoms with Crippen LogP contribution in [0.25, 0.3) is 0 Å². The number of benzene rings is 1. The Labute approximate surface area is 100 Å². The van der Waals surface area contributed by atoms with Gasteiger partial charge in [0, 0.05) is 18.3 Å². The van der Waals surface area contributed by atoms with Crippen LogP contribution in [0.15, 0.2) is 47.2 Å². The highest BCUT2D eigenvalue weighted by Crippen LogP contribution is 2.33. The first kappa shape index (κ1) is 9.91. The topological polar surface area (TPSA) is 3.24 Å². The van der Waals surface area contributed by atoms with Gasteiger partial charge in [-0.15, -0.1) is 0 Å². The molecule has 1 aromatic carbocycles. The molecule has 0 saturated heterocycles. The van der Waals surface area contributed by atoms with Crippen LogP contribution in [0.3, 0.4) is 0 Å². The average Bonchev–Trinajstić information content (AvgIpc) is 3.05. The SMILES string of the molecule is c1ccc(N(Cc2ccsc2)C2CC2)cc1. The van der Waals surface area contributed by atoms with Crippen LogP contribution >= 0.6 is 11.3 Å². The molecule has 1 saturated carbocycles. The van der Waals surface area contributed by atoms with Crippen molar-refractivity contribution in [2.75, 3.05) is 4.90 Å². The second-order valence-electron chi connectivity index (χ2n) is 4.33. The summed E-state index contributed by atoms with van der Waals surface area (Å²) >= 11 is 1.78. The van der Waals surface area contributed by atoms with Gasteiger partial charge in [0.25, 0.3) is 0 Å². The predicted octanol–water partition coefficient (Wildman–Crippen LogP) is 3.92. The molecule has 3 rings (SSSR count). The molecule has 1 heterocycles. The molecule has 0 atom stereocenters. The molecule has 0 unspecified atom stereocenters. The van der Waals surface area contributed by atoms with Gasteiger partial charge in [-0.3, -0.25) is 0 Å². The molecule has 0 aliphatic heterocycles. The van der Waals surface area contributed by atoms with E-state index in [1.165, 1.54) is 24.1 Å². The summed E-state index contributed by atoms with van der Waals surface area (Å²) in [5, 5.41) is 4.41. The summed E-state index contributed by atoms with van der Waals surface area (Å²) in [5.41, 5.74) is 2.79. The van der Waals surface area contributed by atoms with E-state index in [9.17, 15) is 0 Å². The highest BCUT2D eigenvalue weighted by molar-refractivity contribution is 7.07. The molecule has 0 N–H and O–H groups in total. The first-order chi connectivity index (χ1) is 7.93. The Balaban J connectivity index is 1.82. The highest BCUT2D eigenvalue weighted by Gasteiger charge is 2.29. The van der Waals surface area contributed by atoms with Gasteiger partial charge in [-0.25, -0.2) is 0 Å². The molecule has 1 aliphatic rings. The summed E-state index contributed by atoms with van der Waals surface area (Å²) in [6.07, 6.45) is 2.69. The number of rotatable bonds is 4. The van der Waals surface area contributed by atoms with E-state index in [0.717, 1.165) is 12.6 Å². The number of para-hydroxylation sites is 1. The maximum atomic E-state index is 2.53. The minimum absolute atomic E-state index is 0.766. The Hall–Kier alpha value is -1.28. The third-order valence-electron chi connectivity index (χ3n) is 3.01. The molecule has 2 heteroatoms. The van der Waals surface area contributed by atoms with E-state index in [2.05, 4.69) is 52.1 Å². The maximum absolute atomic E-state index is 2.53. The molecule has 0 spiro atoms. The molecule has 82 valence electrons. The van der Waals surface area contributed by atoms with E-state index in [1.807, 2.05) is 0 Å². The van der Waals surface area contributed by atoms with E-state index >= 15 is 0 Å². The quantitative estimate of drug-likeness (QED) is 0.768. The van der Waals surface area contributed by atoms with Gasteiger partial charge in [0.2, 0.25) is 0 Å². The van der Waals surface area contributed by atoms with Gasteiger partial charge >= 0.3 is 0 Å². The standard InChI is InChI=1S/C14H15NS/c1-2-4-13(5-3-1)15(14-6-7-14)10-12-8-9-16-11-12/h1-5,8-9,11,14H,6-7,10H2. The normalized spacial score (nSPS) is 15.0. The smallest absolute Gasteiger partial charge is 0.0440 e. The van der Waals surface area contributed by atoms with Gasteiger partial charge in [0.05, 0.1) is 0 Å². The minimum atomic E-state index is 0.766. The molecular formula is C14H15NS. The number of thiophene rings is 1. The molecule has 1 nitrogen and oxygen atoms in total. The fourth-order valence-corrected chi connectivity index (χ4v) is 2.68. The molecule has 2 aromatic rings. The molecule has 0 amide bonds. The number of hydrogen-bond acceptors (Lipinski definition) is 2. The van der Waals surface area contributed by atoms with Crippen molar-refractivity contribution in [3.63, 3.8) is 0 Å². The monoisotopic (exact) mass is 229 g/mol. The van der Waals surface area contributed by atoms with Crippen molar-refractivity contribution in [2.24, 2.45) is 0 Å². The van der Waals surface area contributed by atoms with Crippen molar-refractivity contribution in [3.8, 4) is 0 Å². The lowest BCUT2D eigenvalue weighted by Gasteiger charge is -2.24. The summed E-state index contributed by atoms with van der Waals surface area (Å²) in [6, 6.07) is 13.7. The van der Waals surface area contributed by atoms with Gasteiger partial charge < -0.3 is 4.90 Å². The van der Waals surface area contributed by atoms with E-state index in [1.54, 1.807) is 11.3 Å². The Bertz CT molecular complexity index is 431. The van der Waals surface area contributed by atoms with Crippen molar-refractivity contribution in [2.45, 2.75) is 25.4 Å². The number of hydrogen-bond donors (Lipinski definition) is 0. The van der Waals surface area contributed by atoms with Crippen LogP contribution < -0.4 is 4.90 Å². The van der Waals surface area contributed by atoms with E-state index in [-0.39, 0.29) is 0 Å². The summed E-state index contributed by atoms with van der Waals surface area (Å²) in [7, 11) is 0. The lowest BCUT2D eigenvalue weighted by Crippen LogP contribution is -2.24. The van der Waals surface area contributed by atoms with Gasteiger partial charge in [-0.05, 0) is 47.4 Å². The lowest BCUT2D eigenvalue weighted by atomic mass is 10.2. The van der Waals surface area contributed by atoms with Crippen LogP contribution in [-0.2, 0) is 6.54 Å². The maximum Gasteiger partial charge on any atom is 0.0440 e. The average molecular weight is 229 g/mol. The van der Waals surface area contributed by atoms with Crippen molar-refractivity contribution in [3.05, 3.63) is 52.7 Å². The van der Waals surface area contributed by atoms with Crippen LogP contribution in [-0.4, -0.2) is 6.04 Å². The van der Waals surface area contributed by atoms with Crippen molar-refractivity contribution >= 4 is 17.0 Å². The molecule has 0 radical (unpaired) electrons. The lowest BCUT2D eigenvalue weighted by molar-refractivity contribution is 0.797. The van der Waals surface area contributed by atoms with Gasteiger partial charge in [0.1, 0.15) is 0 Å². The van der Waals surface area contributed by atoms with E-state index in [4.69, 9.17) is 0 Å². The van der Waals surface area contributed by atoms with Crippen LogP contribution in [0, 0.1) is 0 Å². The second-order valence-corrected chi connectivity index (χ2v) is 5.11. The van der Waals surface area contributed by atoms with Crippen LogP contribution in [0.2, 0.25) is 0 Å². The van der Waals surface area contributed by atoms with E-state index in [0.29, 0.717) is 0 Å². The molecule has 1 aliphatic carbocycles. The largest absolute Gasteiger partial charge is 0.364 e. The van der Waals surface area contributed by atoms with Crippen LogP contribution in [0.5, 0.6) is 0 Å². The van der Waals surface area contributed by atoms with E-state index < -0.39 is 0 Å². The predicted molar refractivity (Wildman–Crippen MR) is 70.0 cm³/mol. The Morgan fingerprint density at radius 2 is 1.94 bits per heavy atom. The molecular weight excluding hydrogens is 214 g/mol. The third-order valence-corrected chi connectivity index (χ3v) is 3.74. The Kier molecular flexibility index (Phi) is 2.66. The molecule has 1 fully saturated rings. The van der Waals surface area contributed by atoms with Crippen molar-refractivity contribution in [1.29, 1.82) is 0 Å². The minimum Gasteiger partial charge on any atom is -0.364 e. The highest BCUT2D eigenvalue weighted by atomic mass is 32.1.